The average molecular weight is 338 g/mol. The van der Waals surface area contributed by atoms with Crippen molar-refractivity contribution in [1.82, 2.24) is 15.5 Å². The highest BCUT2D eigenvalue weighted by atomic mass is 16.2. The molecule has 0 aromatic rings. The number of unbranched alkanes of at least 4 members (excludes halogenated alkanes) is 2. The summed E-state index contributed by atoms with van der Waals surface area (Å²) in [6.07, 6.45) is 8.21. The van der Waals surface area contributed by atoms with Gasteiger partial charge < -0.3 is 20.3 Å². The van der Waals surface area contributed by atoms with Gasteiger partial charge in [-0.05, 0) is 25.7 Å². The molecule has 1 rings (SSSR count). The molecule has 138 valence electrons. The number of hydrogen-bond donors (Lipinski definition) is 3. The number of nitrogens with zero attached hydrogens (tertiary/aromatic N) is 1. The maximum atomic E-state index is 11.8. The van der Waals surface area contributed by atoms with Gasteiger partial charge in [0.15, 0.2) is 5.96 Å². The Balaban J connectivity index is 2.55. The van der Waals surface area contributed by atoms with Crippen molar-refractivity contribution >= 4 is 18.2 Å². The Morgan fingerprint density at radius 2 is 1.75 bits per heavy atom. The molecule has 6 heteroatoms. The number of guanidine groups is 1. The van der Waals surface area contributed by atoms with Crippen LogP contribution in [0.4, 0.5) is 0 Å². The number of hydrogen-bond acceptors (Lipinski definition) is 3. The van der Waals surface area contributed by atoms with Gasteiger partial charge in [-0.15, -0.1) is 0 Å². The third-order valence-corrected chi connectivity index (χ3v) is 4.84. The van der Waals surface area contributed by atoms with E-state index in [0.717, 1.165) is 70.7 Å². The number of aldehydes is 1. The fourth-order valence-corrected chi connectivity index (χ4v) is 3.21. The predicted molar refractivity (Wildman–Crippen MR) is 97.1 cm³/mol. The smallest absolute Gasteiger partial charge is 0.219 e. The first-order valence-corrected chi connectivity index (χ1v) is 9.31. The molecule has 1 saturated heterocycles. The minimum atomic E-state index is -0.629. The van der Waals surface area contributed by atoms with Crippen molar-refractivity contribution in [1.29, 1.82) is 5.41 Å². The predicted octanol–water partition coefficient (Wildman–Crippen LogP) is 2.43. The zero-order valence-corrected chi connectivity index (χ0v) is 15.5. The largest absolute Gasteiger partial charge is 0.354 e. The van der Waals surface area contributed by atoms with Crippen LogP contribution in [0.3, 0.4) is 0 Å². The van der Waals surface area contributed by atoms with Gasteiger partial charge in [0.25, 0.3) is 0 Å². The Morgan fingerprint density at radius 1 is 1.21 bits per heavy atom. The number of carbonyl (C=O) groups is 2. The number of rotatable bonds is 9. The standard InChI is InChI=1S/C18H34N4O2/c1-4-6-10-18(14-23,11-7-5-2)21-17(19)20-16-8-12-22(13-9-16)15(3)24/h14,16H,4-13H2,1-3H3,(H3,19,20,21). The lowest BCUT2D eigenvalue weighted by Gasteiger charge is -2.35. The van der Waals surface area contributed by atoms with E-state index in [4.69, 9.17) is 5.41 Å². The van der Waals surface area contributed by atoms with E-state index >= 15 is 0 Å². The van der Waals surface area contributed by atoms with E-state index in [2.05, 4.69) is 24.5 Å². The monoisotopic (exact) mass is 338 g/mol. The van der Waals surface area contributed by atoms with Crippen LogP contribution in [0, 0.1) is 5.41 Å². The van der Waals surface area contributed by atoms with Crippen LogP contribution in [0.25, 0.3) is 0 Å². The molecule has 0 aliphatic carbocycles. The van der Waals surface area contributed by atoms with E-state index < -0.39 is 5.54 Å². The van der Waals surface area contributed by atoms with Gasteiger partial charge in [-0.2, -0.15) is 0 Å². The van der Waals surface area contributed by atoms with Gasteiger partial charge in [-0.25, -0.2) is 0 Å². The topological polar surface area (TPSA) is 85.3 Å². The zero-order chi connectivity index (χ0) is 18.0. The maximum Gasteiger partial charge on any atom is 0.219 e. The van der Waals surface area contributed by atoms with E-state index in [9.17, 15) is 9.59 Å². The van der Waals surface area contributed by atoms with E-state index in [1.807, 2.05) is 4.90 Å². The number of nitrogens with one attached hydrogen (secondary N) is 3. The van der Waals surface area contributed by atoms with Crippen LogP contribution in [0.5, 0.6) is 0 Å². The van der Waals surface area contributed by atoms with E-state index in [1.54, 1.807) is 6.92 Å². The molecule has 1 aliphatic rings. The second-order valence-corrected chi connectivity index (χ2v) is 6.91. The van der Waals surface area contributed by atoms with Crippen molar-refractivity contribution < 1.29 is 9.59 Å². The molecule has 0 aromatic carbocycles. The molecule has 0 atom stereocenters. The van der Waals surface area contributed by atoms with Crippen molar-refractivity contribution in [3.63, 3.8) is 0 Å². The first-order valence-electron chi connectivity index (χ1n) is 9.31. The average Bonchev–Trinajstić information content (AvgIpc) is 2.58. The molecular weight excluding hydrogens is 304 g/mol. The molecule has 1 heterocycles. The lowest BCUT2D eigenvalue weighted by molar-refractivity contribution is -0.129. The second-order valence-electron chi connectivity index (χ2n) is 6.91. The summed E-state index contributed by atoms with van der Waals surface area (Å²) in [6, 6.07) is 0.183. The molecular formula is C18H34N4O2. The highest BCUT2D eigenvalue weighted by Crippen LogP contribution is 2.20. The summed E-state index contributed by atoms with van der Waals surface area (Å²) >= 11 is 0. The quantitative estimate of drug-likeness (QED) is 0.342. The zero-order valence-electron chi connectivity index (χ0n) is 15.5. The molecule has 0 bridgehead atoms. The first-order chi connectivity index (χ1) is 11.5. The number of amides is 1. The molecule has 0 unspecified atom stereocenters. The summed E-state index contributed by atoms with van der Waals surface area (Å²) in [6.45, 7) is 7.27. The summed E-state index contributed by atoms with van der Waals surface area (Å²) in [7, 11) is 0. The number of piperidine rings is 1. The summed E-state index contributed by atoms with van der Waals surface area (Å²) in [5.74, 6) is 0.344. The minimum absolute atomic E-state index is 0.112. The van der Waals surface area contributed by atoms with Gasteiger partial charge in [0.05, 0.1) is 5.54 Å². The molecule has 1 amide bonds. The fourth-order valence-electron chi connectivity index (χ4n) is 3.21. The number of carbonyl (C=O) groups excluding carboxylic acids is 2. The summed E-state index contributed by atoms with van der Waals surface area (Å²) < 4.78 is 0. The van der Waals surface area contributed by atoms with E-state index in [-0.39, 0.29) is 17.9 Å². The fraction of sp³-hybridized carbons (Fsp3) is 0.833. The van der Waals surface area contributed by atoms with Crippen molar-refractivity contribution in [2.45, 2.75) is 83.7 Å². The molecule has 24 heavy (non-hydrogen) atoms. The molecule has 6 nitrogen and oxygen atoms in total. The highest BCUT2D eigenvalue weighted by Gasteiger charge is 2.30. The highest BCUT2D eigenvalue weighted by molar-refractivity contribution is 5.82. The van der Waals surface area contributed by atoms with Crippen LogP contribution in [0.1, 0.15) is 72.1 Å². The normalized spacial score (nSPS) is 15.9. The van der Waals surface area contributed by atoms with Crippen molar-refractivity contribution in [3.8, 4) is 0 Å². The van der Waals surface area contributed by atoms with Gasteiger partial charge in [-0.3, -0.25) is 10.2 Å². The lowest BCUT2D eigenvalue weighted by Crippen LogP contribution is -2.56. The van der Waals surface area contributed by atoms with Crippen LogP contribution in [-0.2, 0) is 9.59 Å². The third kappa shape index (κ3) is 6.49. The van der Waals surface area contributed by atoms with Crippen LogP contribution in [-0.4, -0.2) is 47.7 Å². The van der Waals surface area contributed by atoms with Crippen molar-refractivity contribution in [3.05, 3.63) is 0 Å². The van der Waals surface area contributed by atoms with E-state index in [0.29, 0.717) is 0 Å². The van der Waals surface area contributed by atoms with Crippen LogP contribution in [0.15, 0.2) is 0 Å². The Morgan fingerprint density at radius 3 is 2.17 bits per heavy atom. The minimum Gasteiger partial charge on any atom is -0.354 e. The Hall–Kier alpha value is -1.59. The molecule has 0 spiro atoms. The van der Waals surface area contributed by atoms with Crippen LogP contribution < -0.4 is 10.6 Å². The van der Waals surface area contributed by atoms with Gasteiger partial charge in [-0.1, -0.05) is 39.5 Å². The third-order valence-electron chi connectivity index (χ3n) is 4.84. The first kappa shape index (κ1) is 20.5. The number of likely N-dealkylation sites (tertiary alicyclic amines) is 1. The van der Waals surface area contributed by atoms with Gasteiger partial charge in [0.1, 0.15) is 6.29 Å². The summed E-state index contributed by atoms with van der Waals surface area (Å²) in [5, 5.41) is 14.6. The van der Waals surface area contributed by atoms with Gasteiger partial charge in [0.2, 0.25) is 5.91 Å². The van der Waals surface area contributed by atoms with Crippen LogP contribution in [0.2, 0.25) is 0 Å². The Bertz CT molecular complexity index is 409. The summed E-state index contributed by atoms with van der Waals surface area (Å²) in [4.78, 5) is 25.0. The molecule has 3 N–H and O–H groups in total. The van der Waals surface area contributed by atoms with Gasteiger partial charge >= 0.3 is 0 Å². The van der Waals surface area contributed by atoms with Crippen molar-refractivity contribution in [2.24, 2.45) is 0 Å². The molecule has 0 radical (unpaired) electrons. The summed E-state index contributed by atoms with van der Waals surface area (Å²) in [5.41, 5.74) is -0.629. The van der Waals surface area contributed by atoms with Crippen molar-refractivity contribution in [2.75, 3.05) is 13.1 Å². The van der Waals surface area contributed by atoms with Crippen LogP contribution >= 0.6 is 0 Å². The van der Waals surface area contributed by atoms with Gasteiger partial charge in [0, 0.05) is 26.1 Å². The molecule has 1 aliphatic heterocycles. The molecule has 0 aromatic heterocycles. The maximum absolute atomic E-state index is 11.8. The SMILES string of the molecule is CCCCC(C=O)(CCCC)NC(=N)NC1CCN(C(C)=O)CC1. The Kier molecular flexibility index (Phi) is 8.79. The molecule has 1 fully saturated rings. The lowest BCUT2D eigenvalue weighted by atomic mass is 9.88. The second kappa shape index (κ2) is 10.3. The molecule has 0 saturated carbocycles. The van der Waals surface area contributed by atoms with E-state index in [1.165, 1.54) is 0 Å². The Labute approximate surface area is 146 Å².